The average Bonchev–Trinajstić information content (AvgIpc) is 2.55. The Balaban J connectivity index is 2.17. The number of benzene rings is 1. The highest BCUT2D eigenvalue weighted by Gasteiger charge is 2.37. The molecule has 94 valence electrons. The highest BCUT2D eigenvalue weighted by Crippen LogP contribution is 2.38. The molecular weight excluding hydrogens is 232 g/mol. The van der Waals surface area contributed by atoms with Gasteiger partial charge < -0.3 is 10.6 Å². The molecular formula is C14H21ClN2. The molecule has 0 spiro atoms. The minimum Gasteiger partial charge on any atom is -0.366 e. The maximum Gasteiger partial charge on any atom is 0.0407 e. The van der Waals surface area contributed by atoms with Crippen LogP contribution in [0.4, 0.5) is 5.69 Å². The van der Waals surface area contributed by atoms with E-state index in [2.05, 4.69) is 30.9 Å². The van der Waals surface area contributed by atoms with Crippen molar-refractivity contribution in [2.45, 2.75) is 32.2 Å². The SMILES string of the molecule is CC1(C)CC(CCN)CN1c1ccc(Cl)cc1. The van der Waals surface area contributed by atoms with Crippen LogP contribution in [0.5, 0.6) is 0 Å². The second-order valence-electron chi connectivity index (χ2n) is 5.55. The summed E-state index contributed by atoms with van der Waals surface area (Å²) in [4.78, 5) is 2.48. The first-order chi connectivity index (χ1) is 8.03. The van der Waals surface area contributed by atoms with E-state index in [9.17, 15) is 0 Å². The number of anilines is 1. The second kappa shape index (κ2) is 4.87. The fourth-order valence-electron chi connectivity index (χ4n) is 2.89. The van der Waals surface area contributed by atoms with Gasteiger partial charge in [0.25, 0.3) is 0 Å². The zero-order valence-corrected chi connectivity index (χ0v) is 11.4. The van der Waals surface area contributed by atoms with Gasteiger partial charge in [0.1, 0.15) is 0 Å². The third-order valence-corrected chi connectivity index (χ3v) is 3.92. The van der Waals surface area contributed by atoms with E-state index in [1.54, 1.807) is 0 Å². The lowest BCUT2D eigenvalue weighted by Crippen LogP contribution is -2.38. The molecule has 0 aliphatic carbocycles. The molecule has 0 amide bonds. The van der Waals surface area contributed by atoms with Gasteiger partial charge in [-0.05, 0) is 63.4 Å². The van der Waals surface area contributed by atoms with E-state index in [1.165, 1.54) is 12.1 Å². The summed E-state index contributed by atoms with van der Waals surface area (Å²) < 4.78 is 0. The normalized spacial score (nSPS) is 23.1. The lowest BCUT2D eigenvalue weighted by molar-refractivity contribution is 0.458. The Kier molecular flexibility index (Phi) is 3.64. The van der Waals surface area contributed by atoms with Crippen LogP contribution in [0.2, 0.25) is 5.02 Å². The average molecular weight is 253 g/mol. The molecule has 2 rings (SSSR count). The molecule has 1 saturated heterocycles. The van der Waals surface area contributed by atoms with Crippen molar-refractivity contribution in [2.24, 2.45) is 11.7 Å². The van der Waals surface area contributed by atoms with Gasteiger partial charge in [-0.25, -0.2) is 0 Å². The third kappa shape index (κ3) is 2.75. The van der Waals surface area contributed by atoms with E-state index in [1.807, 2.05) is 12.1 Å². The van der Waals surface area contributed by atoms with E-state index in [-0.39, 0.29) is 5.54 Å². The summed E-state index contributed by atoms with van der Waals surface area (Å²) in [5.41, 5.74) is 7.14. The summed E-state index contributed by atoms with van der Waals surface area (Å²) in [5, 5.41) is 0.796. The molecule has 1 aromatic rings. The maximum absolute atomic E-state index is 5.93. The molecule has 2 nitrogen and oxygen atoms in total. The van der Waals surface area contributed by atoms with Crippen molar-refractivity contribution in [3.05, 3.63) is 29.3 Å². The number of halogens is 1. The molecule has 1 aliphatic heterocycles. The highest BCUT2D eigenvalue weighted by molar-refractivity contribution is 6.30. The van der Waals surface area contributed by atoms with Crippen molar-refractivity contribution in [1.82, 2.24) is 0 Å². The van der Waals surface area contributed by atoms with Crippen molar-refractivity contribution in [2.75, 3.05) is 18.0 Å². The summed E-state index contributed by atoms with van der Waals surface area (Å²) in [5.74, 6) is 0.714. The zero-order chi connectivity index (χ0) is 12.5. The van der Waals surface area contributed by atoms with Crippen LogP contribution in [0.3, 0.4) is 0 Å². The molecule has 0 bridgehead atoms. The van der Waals surface area contributed by atoms with Gasteiger partial charge in [-0.15, -0.1) is 0 Å². The van der Waals surface area contributed by atoms with Crippen LogP contribution in [0, 0.1) is 5.92 Å². The van der Waals surface area contributed by atoms with Crippen molar-refractivity contribution in [3.8, 4) is 0 Å². The summed E-state index contributed by atoms with van der Waals surface area (Å²) >= 11 is 5.93. The molecule has 1 unspecified atom stereocenters. The molecule has 17 heavy (non-hydrogen) atoms. The van der Waals surface area contributed by atoms with Gasteiger partial charge >= 0.3 is 0 Å². The summed E-state index contributed by atoms with van der Waals surface area (Å²) in [7, 11) is 0. The van der Waals surface area contributed by atoms with Crippen LogP contribution < -0.4 is 10.6 Å². The van der Waals surface area contributed by atoms with Crippen LogP contribution in [0.25, 0.3) is 0 Å². The van der Waals surface area contributed by atoms with Gasteiger partial charge in [-0.1, -0.05) is 11.6 Å². The van der Waals surface area contributed by atoms with Crippen LogP contribution in [-0.2, 0) is 0 Å². The minimum absolute atomic E-state index is 0.216. The van der Waals surface area contributed by atoms with Crippen LogP contribution >= 0.6 is 11.6 Å². The smallest absolute Gasteiger partial charge is 0.0407 e. The molecule has 1 atom stereocenters. The Labute approximate surface area is 109 Å². The predicted molar refractivity (Wildman–Crippen MR) is 74.7 cm³/mol. The van der Waals surface area contributed by atoms with E-state index >= 15 is 0 Å². The quantitative estimate of drug-likeness (QED) is 0.895. The first-order valence-corrected chi connectivity index (χ1v) is 6.64. The van der Waals surface area contributed by atoms with Crippen molar-refractivity contribution in [1.29, 1.82) is 0 Å². The van der Waals surface area contributed by atoms with Gasteiger partial charge in [-0.2, -0.15) is 0 Å². The second-order valence-corrected chi connectivity index (χ2v) is 5.98. The number of nitrogens with zero attached hydrogens (tertiary/aromatic N) is 1. The highest BCUT2D eigenvalue weighted by atomic mass is 35.5. The first kappa shape index (κ1) is 12.7. The molecule has 1 fully saturated rings. The number of hydrogen-bond acceptors (Lipinski definition) is 2. The fraction of sp³-hybridized carbons (Fsp3) is 0.571. The Bertz CT molecular complexity index is 372. The molecule has 1 aliphatic rings. The van der Waals surface area contributed by atoms with Crippen molar-refractivity contribution >= 4 is 17.3 Å². The lowest BCUT2D eigenvalue weighted by Gasteiger charge is -2.33. The molecule has 3 heteroatoms. The van der Waals surface area contributed by atoms with Gasteiger partial charge in [0.05, 0.1) is 0 Å². The van der Waals surface area contributed by atoms with E-state index in [4.69, 9.17) is 17.3 Å². The molecule has 0 aromatic heterocycles. The van der Waals surface area contributed by atoms with E-state index < -0.39 is 0 Å². The Morgan fingerprint density at radius 1 is 1.35 bits per heavy atom. The van der Waals surface area contributed by atoms with E-state index in [0.29, 0.717) is 5.92 Å². The monoisotopic (exact) mass is 252 g/mol. The predicted octanol–water partition coefficient (Wildman–Crippen LogP) is 3.29. The molecule has 1 aromatic carbocycles. The van der Waals surface area contributed by atoms with Crippen LogP contribution in [-0.4, -0.2) is 18.6 Å². The number of rotatable bonds is 3. The van der Waals surface area contributed by atoms with Gasteiger partial charge in [0.2, 0.25) is 0 Å². The number of nitrogens with two attached hydrogens (primary N) is 1. The molecule has 0 saturated carbocycles. The summed E-state index contributed by atoms with van der Waals surface area (Å²) in [6, 6.07) is 8.14. The molecule has 0 radical (unpaired) electrons. The Hall–Kier alpha value is -0.730. The van der Waals surface area contributed by atoms with Crippen molar-refractivity contribution in [3.63, 3.8) is 0 Å². The lowest BCUT2D eigenvalue weighted by atomic mass is 9.94. The van der Waals surface area contributed by atoms with Crippen LogP contribution in [0.15, 0.2) is 24.3 Å². The maximum atomic E-state index is 5.93. The summed E-state index contributed by atoms with van der Waals surface area (Å²) in [6.07, 6.45) is 2.33. The standard InChI is InChI=1S/C14H21ClN2/c1-14(2)9-11(7-8-16)10-17(14)13-5-3-12(15)4-6-13/h3-6,11H,7-10,16H2,1-2H3. The summed E-state index contributed by atoms with van der Waals surface area (Å²) in [6.45, 7) is 6.50. The first-order valence-electron chi connectivity index (χ1n) is 6.26. The zero-order valence-electron chi connectivity index (χ0n) is 10.6. The Morgan fingerprint density at radius 3 is 2.59 bits per heavy atom. The minimum atomic E-state index is 0.216. The number of hydrogen-bond donors (Lipinski definition) is 1. The van der Waals surface area contributed by atoms with Crippen molar-refractivity contribution < 1.29 is 0 Å². The van der Waals surface area contributed by atoms with Gasteiger partial charge in [0, 0.05) is 22.8 Å². The van der Waals surface area contributed by atoms with Crippen LogP contribution in [0.1, 0.15) is 26.7 Å². The van der Waals surface area contributed by atoms with E-state index in [0.717, 1.165) is 24.5 Å². The van der Waals surface area contributed by atoms with Gasteiger partial charge in [-0.3, -0.25) is 0 Å². The third-order valence-electron chi connectivity index (χ3n) is 3.67. The molecule has 1 heterocycles. The largest absolute Gasteiger partial charge is 0.366 e. The molecule has 2 N–H and O–H groups in total. The Morgan fingerprint density at radius 2 is 2.00 bits per heavy atom. The topological polar surface area (TPSA) is 29.3 Å². The van der Waals surface area contributed by atoms with Gasteiger partial charge in [0.15, 0.2) is 0 Å². The fourth-order valence-corrected chi connectivity index (χ4v) is 3.02.